The number of carbonyl (C=O) groups is 5. The second-order valence-electron chi connectivity index (χ2n) is 10.9. The van der Waals surface area contributed by atoms with Crippen LogP contribution < -0.4 is 5.73 Å². The molecule has 0 aliphatic heterocycles. The number of phenolic OH excluding ortho intramolecular Hbond substituents is 1. The van der Waals surface area contributed by atoms with Crippen LogP contribution in [0.15, 0.2) is 46.9 Å². The number of amides is 1. The van der Waals surface area contributed by atoms with Gasteiger partial charge in [0.1, 0.15) is 17.1 Å². The van der Waals surface area contributed by atoms with Crippen molar-refractivity contribution in [3.05, 3.63) is 53.6 Å². The van der Waals surface area contributed by atoms with E-state index < -0.39 is 64.4 Å². The molecule has 2 aromatic carbocycles. The standard InChI is InChI=1S/C29H26N2O8/c1-31(2)23-16-10-13-9-15-14(19-11-12-5-3-4-6-18(12)39-19)7-8-17(32)21(15)24(33)20(13)26(35)29(16,38)27(36)22(25(23)34)28(30)37/h3-8,11,13,16,20,22-23,32,38H,9-10H2,1-2H3,(H2,30,37)/t13-,16-,20?,22?,23+,29+/m1/s1. The summed E-state index contributed by atoms with van der Waals surface area (Å²) in [5.74, 6) is -10.3. The Morgan fingerprint density at radius 1 is 1.08 bits per heavy atom. The smallest absolute Gasteiger partial charge is 0.235 e. The normalized spacial score (nSPS) is 30.3. The van der Waals surface area contributed by atoms with E-state index in [-0.39, 0.29) is 24.2 Å². The number of ketones is 4. The molecule has 1 aromatic heterocycles. The van der Waals surface area contributed by atoms with Gasteiger partial charge in [-0.3, -0.25) is 28.9 Å². The third-order valence-electron chi connectivity index (χ3n) is 8.64. The van der Waals surface area contributed by atoms with Gasteiger partial charge in [0.25, 0.3) is 0 Å². The monoisotopic (exact) mass is 530 g/mol. The molecule has 10 heteroatoms. The molecule has 39 heavy (non-hydrogen) atoms. The molecule has 0 spiro atoms. The highest BCUT2D eigenvalue weighted by Crippen LogP contribution is 2.52. The van der Waals surface area contributed by atoms with Gasteiger partial charge < -0.3 is 20.4 Å². The van der Waals surface area contributed by atoms with Crippen molar-refractivity contribution in [2.24, 2.45) is 29.4 Å². The third kappa shape index (κ3) is 3.31. The number of Topliss-reactive ketones (excluding diaryl/α,β-unsaturated/α-hetero) is 4. The molecule has 1 heterocycles. The maximum atomic E-state index is 13.9. The maximum absolute atomic E-state index is 13.9. The van der Waals surface area contributed by atoms with Crippen LogP contribution in [0.1, 0.15) is 22.3 Å². The molecule has 3 aliphatic carbocycles. The van der Waals surface area contributed by atoms with E-state index in [1.807, 2.05) is 30.3 Å². The fourth-order valence-electron chi connectivity index (χ4n) is 6.95. The number of phenols is 1. The second kappa shape index (κ2) is 8.42. The Hall–Kier alpha value is -4.15. The van der Waals surface area contributed by atoms with Crippen LogP contribution in [0.2, 0.25) is 0 Å². The van der Waals surface area contributed by atoms with Crippen LogP contribution in [0.25, 0.3) is 22.3 Å². The van der Waals surface area contributed by atoms with Crippen molar-refractivity contribution in [1.29, 1.82) is 0 Å². The first-order chi connectivity index (χ1) is 18.5. The van der Waals surface area contributed by atoms with Crippen LogP contribution in [0.3, 0.4) is 0 Å². The van der Waals surface area contributed by atoms with E-state index >= 15 is 0 Å². The molecule has 0 bridgehead atoms. The third-order valence-corrected chi connectivity index (χ3v) is 8.64. The first-order valence-electron chi connectivity index (χ1n) is 12.6. The van der Waals surface area contributed by atoms with Crippen LogP contribution >= 0.6 is 0 Å². The van der Waals surface area contributed by atoms with Gasteiger partial charge in [0.2, 0.25) is 5.91 Å². The minimum absolute atomic E-state index is 0.0148. The number of carbonyl (C=O) groups excluding carboxylic acids is 5. The van der Waals surface area contributed by atoms with Crippen LogP contribution in [0.5, 0.6) is 5.75 Å². The van der Waals surface area contributed by atoms with Crippen LogP contribution in [-0.4, -0.2) is 69.9 Å². The number of primary amides is 1. The molecule has 6 atom stereocenters. The summed E-state index contributed by atoms with van der Waals surface area (Å²) in [5, 5.41) is 23.2. The summed E-state index contributed by atoms with van der Waals surface area (Å²) in [6.07, 6.45) is 0.145. The van der Waals surface area contributed by atoms with Crippen molar-refractivity contribution >= 4 is 40.0 Å². The van der Waals surface area contributed by atoms with Crippen molar-refractivity contribution in [1.82, 2.24) is 4.90 Å². The molecule has 1 amide bonds. The summed E-state index contributed by atoms with van der Waals surface area (Å²) >= 11 is 0. The number of hydrogen-bond acceptors (Lipinski definition) is 9. The number of nitrogens with two attached hydrogens (primary N) is 1. The van der Waals surface area contributed by atoms with E-state index in [9.17, 15) is 34.2 Å². The molecule has 3 aliphatic rings. The van der Waals surface area contributed by atoms with Crippen LogP contribution in [0, 0.1) is 23.7 Å². The van der Waals surface area contributed by atoms with E-state index in [1.54, 1.807) is 20.2 Å². The summed E-state index contributed by atoms with van der Waals surface area (Å²) < 4.78 is 6.03. The lowest BCUT2D eigenvalue weighted by Crippen LogP contribution is -2.74. The first-order valence-corrected chi connectivity index (χ1v) is 12.6. The Bertz CT molecular complexity index is 1590. The number of likely N-dealkylation sites (N-methyl/N-ethyl adjacent to an activating group) is 1. The Labute approximate surface area is 222 Å². The van der Waals surface area contributed by atoms with Gasteiger partial charge in [0, 0.05) is 16.9 Å². The minimum atomic E-state index is -2.75. The fraction of sp³-hybridized carbons (Fsp3) is 0.345. The van der Waals surface area contributed by atoms with E-state index in [2.05, 4.69) is 0 Å². The van der Waals surface area contributed by atoms with Gasteiger partial charge >= 0.3 is 0 Å². The lowest BCUT2D eigenvalue weighted by Gasteiger charge is -2.52. The van der Waals surface area contributed by atoms with Gasteiger partial charge in [0.05, 0.1) is 17.5 Å². The van der Waals surface area contributed by atoms with E-state index in [0.717, 1.165) is 5.39 Å². The Balaban J connectivity index is 1.49. The molecule has 2 fully saturated rings. The average molecular weight is 531 g/mol. The van der Waals surface area contributed by atoms with Crippen molar-refractivity contribution < 1.29 is 38.6 Å². The summed E-state index contributed by atoms with van der Waals surface area (Å²) in [6, 6.07) is 11.1. The Morgan fingerprint density at radius 2 is 1.79 bits per heavy atom. The highest BCUT2D eigenvalue weighted by molar-refractivity contribution is 6.32. The molecule has 0 saturated heterocycles. The number of aromatic hydroxyl groups is 1. The highest BCUT2D eigenvalue weighted by Gasteiger charge is 2.69. The molecule has 2 unspecified atom stereocenters. The maximum Gasteiger partial charge on any atom is 0.235 e. The van der Waals surface area contributed by atoms with Crippen molar-refractivity contribution in [2.75, 3.05) is 14.1 Å². The number of benzene rings is 2. The zero-order valence-corrected chi connectivity index (χ0v) is 21.2. The average Bonchev–Trinajstić information content (AvgIpc) is 3.30. The van der Waals surface area contributed by atoms with Crippen LogP contribution in [0.4, 0.5) is 0 Å². The number of rotatable bonds is 3. The summed E-state index contributed by atoms with van der Waals surface area (Å²) in [7, 11) is 3.10. The minimum Gasteiger partial charge on any atom is -0.507 e. The molecule has 200 valence electrons. The SMILES string of the molecule is CN(C)[C@@H]1C(=O)C(C(N)=O)C(=O)[C@@]2(O)C(=O)C3C(=O)c4c(O)ccc(-c5cc6ccccc6o5)c4C[C@@H]3C[C@H]12. The topological polar surface area (TPSA) is 168 Å². The predicted molar refractivity (Wildman–Crippen MR) is 137 cm³/mol. The lowest BCUT2D eigenvalue weighted by molar-refractivity contribution is -0.181. The predicted octanol–water partition coefficient (Wildman–Crippen LogP) is 1.28. The largest absolute Gasteiger partial charge is 0.507 e. The zero-order valence-electron chi connectivity index (χ0n) is 21.2. The molecule has 4 N–H and O–H groups in total. The molecule has 6 rings (SSSR count). The molecule has 2 saturated carbocycles. The van der Waals surface area contributed by atoms with Gasteiger partial charge in [-0.2, -0.15) is 0 Å². The fourth-order valence-corrected chi connectivity index (χ4v) is 6.95. The number of hydrogen-bond donors (Lipinski definition) is 3. The van der Waals surface area contributed by atoms with Crippen molar-refractivity contribution in [2.45, 2.75) is 24.5 Å². The van der Waals surface area contributed by atoms with Gasteiger partial charge in [-0.25, -0.2) is 0 Å². The van der Waals surface area contributed by atoms with Gasteiger partial charge in [-0.1, -0.05) is 18.2 Å². The van der Waals surface area contributed by atoms with Gasteiger partial charge in [0.15, 0.2) is 34.7 Å². The van der Waals surface area contributed by atoms with Crippen molar-refractivity contribution in [3.63, 3.8) is 0 Å². The number of nitrogens with zero attached hydrogens (tertiary/aromatic N) is 1. The van der Waals surface area contributed by atoms with Crippen molar-refractivity contribution in [3.8, 4) is 17.1 Å². The first kappa shape index (κ1) is 25.1. The van der Waals surface area contributed by atoms with Gasteiger partial charge in [-0.15, -0.1) is 0 Å². The van der Waals surface area contributed by atoms with E-state index in [4.69, 9.17) is 10.2 Å². The van der Waals surface area contributed by atoms with E-state index in [0.29, 0.717) is 22.5 Å². The number of furan rings is 1. The number of aliphatic hydroxyl groups is 1. The number of para-hydroxylation sites is 1. The molecular formula is C29H26N2O8. The summed E-state index contributed by atoms with van der Waals surface area (Å²) in [5.41, 5.74) is 4.24. The molecule has 3 aromatic rings. The summed E-state index contributed by atoms with van der Waals surface area (Å²) in [6.45, 7) is 0. The number of fused-ring (bicyclic) bond motifs is 4. The Morgan fingerprint density at radius 3 is 2.46 bits per heavy atom. The van der Waals surface area contributed by atoms with E-state index in [1.165, 1.54) is 11.0 Å². The Kier molecular flexibility index (Phi) is 5.43. The zero-order chi connectivity index (χ0) is 28.0. The van der Waals surface area contributed by atoms with Crippen LogP contribution in [-0.2, 0) is 25.6 Å². The highest BCUT2D eigenvalue weighted by atomic mass is 16.3. The summed E-state index contributed by atoms with van der Waals surface area (Å²) in [4.78, 5) is 67.9. The van der Waals surface area contributed by atoms with Gasteiger partial charge in [-0.05, 0) is 62.7 Å². The second-order valence-corrected chi connectivity index (χ2v) is 10.9. The molecule has 0 radical (unpaired) electrons. The lowest BCUT2D eigenvalue weighted by atomic mass is 9.52. The quantitative estimate of drug-likeness (QED) is 0.422. The molecular weight excluding hydrogens is 504 g/mol. The molecule has 10 nitrogen and oxygen atoms in total.